The highest BCUT2D eigenvalue weighted by Gasteiger charge is 2.29. The lowest BCUT2D eigenvalue weighted by Crippen LogP contribution is -2.42. The number of nitrogens with one attached hydrogen (secondary N) is 1. The molecule has 1 aromatic rings. The van der Waals surface area contributed by atoms with Crippen molar-refractivity contribution in [3.63, 3.8) is 0 Å². The van der Waals surface area contributed by atoms with Gasteiger partial charge in [0.25, 0.3) is 0 Å². The van der Waals surface area contributed by atoms with Crippen LogP contribution >= 0.6 is 0 Å². The summed E-state index contributed by atoms with van der Waals surface area (Å²) in [6.07, 6.45) is 5.77. The summed E-state index contributed by atoms with van der Waals surface area (Å²) in [4.78, 5) is 9.87. The molecule has 0 bridgehead atoms. The minimum Gasteiger partial charge on any atom is -0.357 e. The molecule has 0 amide bonds. The molecular weight excluding hydrogens is 300 g/mol. The van der Waals surface area contributed by atoms with E-state index in [1.54, 1.807) is 0 Å². The Morgan fingerprint density at radius 2 is 2.08 bits per heavy atom. The third kappa shape index (κ3) is 3.48. The summed E-state index contributed by atoms with van der Waals surface area (Å²) in [5.41, 5.74) is 3.53. The van der Waals surface area contributed by atoms with Crippen LogP contribution in [0.1, 0.15) is 30.3 Å². The zero-order valence-corrected chi connectivity index (χ0v) is 15.4. The molecule has 0 saturated carbocycles. The largest absolute Gasteiger partial charge is 0.357 e. The van der Waals surface area contributed by atoms with Crippen molar-refractivity contribution in [1.29, 1.82) is 0 Å². The molecule has 0 aromatic carbocycles. The van der Waals surface area contributed by atoms with Gasteiger partial charge in [0.15, 0.2) is 5.96 Å². The van der Waals surface area contributed by atoms with Crippen LogP contribution in [0.25, 0.3) is 0 Å². The molecule has 6 heteroatoms. The number of rotatable bonds is 4. The molecule has 1 atom stereocenters. The second-order valence-corrected chi connectivity index (χ2v) is 6.76. The van der Waals surface area contributed by atoms with Gasteiger partial charge >= 0.3 is 0 Å². The first-order valence-corrected chi connectivity index (χ1v) is 9.01. The van der Waals surface area contributed by atoms with Crippen molar-refractivity contribution in [3.05, 3.63) is 29.1 Å². The average Bonchev–Trinajstić information content (AvgIpc) is 3.27. The molecule has 1 fully saturated rings. The van der Waals surface area contributed by atoms with Crippen LogP contribution in [0.15, 0.2) is 17.1 Å². The minimum atomic E-state index is 0.644. The normalized spacial score (nSPS) is 21.9. The molecule has 3 rings (SSSR count). The van der Waals surface area contributed by atoms with Gasteiger partial charge in [-0.3, -0.25) is 9.58 Å². The topological polar surface area (TPSA) is 48.7 Å². The first-order chi connectivity index (χ1) is 11.6. The quantitative estimate of drug-likeness (QED) is 0.516. The van der Waals surface area contributed by atoms with E-state index in [4.69, 9.17) is 4.99 Å². The number of likely N-dealkylation sites (tertiary alicyclic amines) is 1. The predicted molar refractivity (Wildman–Crippen MR) is 98.2 cm³/mol. The Balaban J connectivity index is 1.68. The van der Waals surface area contributed by atoms with E-state index in [1.807, 2.05) is 11.7 Å². The molecular formula is C18H30N6. The van der Waals surface area contributed by atoms with Crippen molar-refractivity contribution in [2.45, 2.75) is 39.8 Å². The maximum Gasteiger partial charge on any atom is 0.194 e. The number of aryl methyl sites for hydroxylation is 2. The van der Waals surface area contributed by atoms with E-state index >= 15 is 0 Å². The monoisotopic (exact) mass is 330 g/mol. The molecule has 0 radical (unpaired) electrons. The molecule has 1 unspecified atom stereocenters. The highest BCUT2D eigenvalue weighted by Crippen LogP contribution is 2.19. The van der Waals surface area contributed by atoms with Crippen LogP contribution < -0.4 is 5.32 Å². The first-order valence-electron chi connectivity index (χ1n) is 9.01. The van der Waals surface area contributed by atoms with Gasteiger partial charge in [-0.1, -0.05) is 12.2 Å². The molecule has 0 spiro atoms. The van der Waals surface area contributed by atoms with E-state index < -0.39 is 0 Å². The fraction of sp³-hybridized carbons (Fsp3) is 0.667. The lowest BCUT2D eigenvalue weighted by atomic mass is 10.2. The summed E-state index contributed by atoms with van der Waals surface area (Å²) in [7, 11) is 2.00. The molecule has 1 N–H and O–H groups in total. The molecule has 2 aliphatic rings. The van der Waals surface area contributed by atoms with Crippen LogP contribution in [0.5, 0.6) is 0 Å². The number of nitrogens with zero attached hydrogens (tertiary/aromatic N) is 5. The summed E-state index contributed by atoms with van der Waals surface area (Å²) >= 11 is 0. The number of hydrogen-bond acceptors (Lipinski definition) is 3. The second-order valence-electron chi connectivity index (χ2n) is 6.76. The van der Waals surface area contributed by atoms with Crippen LogP contribution in [0.3, 0.4) is 0 Å². The Labute approximate surface area is 145 Å². The molecule has 3 heterocycles. The Bertz CT molecular complexity index is 622. The molecule has 1 aromatic heterocycles. The third-order valence-corrected chi connectivity index (χ3v) is 5.21. The van der Waals surface area contributed by atoms with Crippen LogP contribution in [-0.4, -0.2) is 64.3 Å². The van der Waals surface area contributed by atoms with Gasteiger partial charge in [0, 0.05) is 57.1 Å². The van der Waals surface area contributed by atoms with Crippen molar-refractivity contribution in [1.82, 2.24) is 24.9 Å². The highest BCUT2D eigenvalue weighted by atomic mass is 15.3. The van der Waals surface area contributed by atoms with Crippen LogP contribution in [0.2, 0.25) is 0 Å². The van der Waals surface area contributed by atoms with Crippen molar-refractivity contribution in [2.24, 2.45) is 12.0 Å². The van der Waals surface area contributed by atoms with Crippen molar-refractivity contribution >= 4 is 5.96 Å². The van der Waals surface area contributed by atoms with Gasteiger partial charge in [-0.15, -0.1) is 0 Å². The van der Waals surface area contributed by atoms with E-state index in [2.05, 4.69) is 53.1 Å². The Morgan fingerprint density at radius 1 is 1.33 bits per heavy atom. The Morgan fingerprint density at radius 3 is 2.71 bits per heavy atom. The SMILES string of the molecule is CCNC(=NCc1c(C)nn(C)c1C)N1CCC(N2CC=CC2)C1. The number of aliphatic imine (C=N–C) groups is 1. The summed E-state index contributed by atoms with van der Waals surface area (Å²) in [6.45, 7) is 12.3. The number of hydrogen-bond donors (Lipinski definition) is 1. The zero-order valence-electron chi connectivity index (χ0n) is 15.4. The predicted octanol–water partition coefficient (Wildman–Crippen LogP) is 1.45. The van der Waals surface area contributed by atoms with Gasteiger partial charge in [-0.2, -0.15) is 5.10 Å². The van der Waals surface area contributed by atoms with Gasteiger partial charge in [0.05, 0.1) is 12.2 Å². The van der Waals surface area contributed by atoms with E-state index in [0.717, 1.165) is 44.4 Å². The maximum absolute atomic E-state index is 4.91. The van der Waals surface area contributed by atoms with Gasteiger partial charge < -0.3 is 10.2 Å². The Hall–Kier alpha value is -1.82. The van der Waals surface area contributed by atoms with Gasteiger partial charge in [0.1, 0.15) is 0 Å². The van der Waals surface area contributed by atoms with E-state index in [9.17, 15) is 0 Å². The van der Waals surface area contributed by atoms with E-state index in [-0.39, 0.29) is 0 Å². The summed E-state index contributed by atoms with van der Waals surface area (Å²) in [5.74, 6) is 1.04. The van der Waals surface area contributed by atoms with E-state index in [0.29, 0.717) is 12.6 Å². The van der Waals surface area contributed by atoms with Crippen molar-refractivity contribution in [2.75, 3.05) is 32.7 Å². The zero-order chi connectivity index (χ0) is 17.1. The molecule has 132 valence electrons. The fourth-order valence-corrected chi connectivity index (χ4v) is 3.65. The molecule has 1 saturated heterocycles. The van der Waals surface area contributed by atoms with Gasteiger partial charge in [-0.25, -0.2) is 4.99 Å². The molecule has 0 aliphatic carbocycles. The lowest BCUT2D eigenvalue weighted by Gasteiger charge is -2.25. The minimum absolute atomic E-state index is 0.644. The van der Waals surface area contributed by atoms with Crippen molar-refractivity contribution < 1.29 is 0 Å². The summed E-state index contributed by atoms with van der Waals surface area (Å²) in [5, 5.41) is 7.96. The third-order valence-electron chi connectivity index (χ3n) is 5.21. The first kappa shape index (κ1) is 17.0. The van der Waals surface area contributed by atoms with Gasteiger partial charge in [0.2, 0.25) is 0 Å². The molecule has 6 nitrogen and oxygen atoms in total. The van der Waals surface area contributed by atoms with Crippen LogP contribution in [0.4, 0.5) is 0 Å². The maximum atomic E-state index is 4.91. The number of aromatic nitrogens is 2. The fourth-order valence-electron chi connectivity index (χ4n) is 3.65. The van der Waals surface area contributed by atoms with Crippen molar-refractivity contribution in [3.8, 4) is 0 Å². The summed E-state index contributed by atoms with van der Waals surface area (Å²) in [6, 6.07) is 0.644. The number of guanidine groups is 1. The second kappa shape index (κ2) is 7.38. The lowest BCUT2D eigenvalue weighted by molar-refractivity contribution is 0.259. The molecule has 24 heavy (non-hydrogen) atoms. The van der Waals surface area contributed by atoms with Crippen LogP contribution in [0, 0.1) is 13.8 Å². The Kier molecular flexibility index (Phi) is 5.23. The van der Waals surface area contributed by atoms with Gasteiger partial charge in [-0.05, 0) is 27.2 Å². The van der Waals surface area contributed by atoms with E-state index in [1.165, 1.54) is 17.7 Å². The highest BCUT2D eigenvalue weighted by molar-refractivity contribution is 5.80. The standard InChI is InChI=1S/C18H30N6/c1-5-19-18(20-12-17-14(2)21-22(4)15(17)3)24-11-8-16(13-24)23-9-6-7-10-23/h6-7,16H,5,8-13H2,1-4H3,(H,19,20). The molecule has 2 aliphatic heterocycles. The van der Waals surface area contributed by atoms with Crippen LogP contribution in [-0.2, 0) is 13.6 Å². The summed E-state index contributed by atoms with van der Waals surface area (Å²) < 4.78 is 1.94. The smallest absolute Gasteiger partial charge is 0.194 e. The average molecular weight is 330 g/mol.